The molecular weight excluding hydrogens is 510 g/mol. The second-order valence-electron chi connectivity index (χ2n) is 8.63. The molecule has 0 spiro atoms. The molecule has 37 heavy (non-hydrogen) atoms. The van der Waals surface area contributed by atoms with Gasteiger partial charge in [0.05, 0.1) is 10.6 Å². The van der Waals surface area contributed by atoms with Crippen LogP contribution in [0.1, 0.15) is 32.3 Å². The number of benzene rings is 3. The molecule has 2 amide bonds. The topological polar surface area (TPSA) is 86.8 Å². The summed E-state index contributed by atoms with van der Waals surface area (Å²) in [7, 11) is -4.11. The van der Waals surface area contributed by atoms with E-state index in [4.69, 9.17) is 11.6 Å². The Morgan fingerprint density at radius 2 is 1.59 bits per heavy atom. The van der Waals surface area contributed by atoms with Gasteiger partial charge in [0.1, 0.15) is 12.6 Å². The van der Waals surface area contributed by atoms with Crippen molar-refractivity contribution in [1.82, 2.24) is 10.2 Å². The lowest BCUT2D eigenvalue weighted by Gasteiger charge is -2.32. The summed E-state index contributed by atoms with van der Waals surface area (Å²) in [5.41, 5.74) is 1.08. The Balaban J connectivity index is 1.97. The largest absolute Gasteiger partial charge is 0.354 e. The zero-order valence-electron chi connectivity index (χ0n) is 21.0. The Kier molecular flexibility index (Phi) is 10.1. The lowest BCUT2D eigenvalue weighted by atomic mass is 10.1. The van der Waals surface area contributed by atoms with Gasteiger partial charge in [0, 0.05) is 18.1 Å². The predicted octanol–water partition coefficient (Wildman–Crippen LogP) is 4.87. The molecule has 0 aliphatic rings. The fourth-order valence-electron chi connectivity index (χ4n) is 3.78. The molecule has 9 heteroatoms. The van der Waals surface area contributed by atoms with Crippen LogP contribution in [0.25, 0.3) is 0 Å². The number of sulfonamides is 1. The van der Waals surface area contributed by atoms with Crippen LogP contribution in [0.5, 0.6) is 0 Å². The average Bonchev–Trinajstić information content (AvgIpc) is 2.91. The van der Waals surface area contributed by atoms with Crippen molar-refractivity contribution >= 4 is 39.1 Å². The minimum Gasteiger partial charge on any atom is -0.354 e. The van der Waals surface area contributed by atoms with E-state index in [0.29, 0.717) is 11.6 Å². The molecule has 3 aromatic rings. The van der Waals surface area contributed by atoms with E-state index in [1.165, 1.54) is 23.1 Å². The summed E-state index contributed by atoms with van der Waals surface area (Å²) < 4.78 is 28.4. The van der Waals surface area contributed by atoms with E-state index in [-0.39, 0.29) is 23.0 Å². The van der Waals surface area contributed by atoms with Crippen LogP contribution in [0.3, 0.4) is 0 Å². The first-order valence-corrected chi connectivity index (χ1v) is 14.0. The fourth-order valence-corrected chi connectivity index (χ4v) is 5.39. The molecule has 1 atom stereocenters. The molecular formula is C28H32ClN3O4S. The number of amides is 2. The Bertz CT molecular complexity index is 1290. The number of rotatable bonds is 12. The Morgan fingerprint density at radius 3 is 2.22 bits per heavy atom. The van der Waals surface area contributed by atoms with Gasteiger partial charge in [-0.25, -0.2) is 8.42 Å². The summed E-state index contributed by atoms with van der Waals surface area (Å²) >= 11 is 6.17. The molecule has 0 saturated carbocycles. The van der Waals surface area contributed by atoms with Gasteiger partial charge in [0.2, 0.25) is 11.8 Å². The summed E-state index contributed by atoms with van der Waals surface area (Å²) in [6, 6.07) is 22.7. The van der Waals surface area contributed by atoms with Gasteiger partial charge in [-0.2, -0.15) is 0 Å². The number of hydrogen-bond donors (Lipinski definition) is 1. The Hall–Kier alpha value is -3.36. The lowest BCUT2D eigenvalue weighted by Crippen LogP contribution is -2.51. The van der Waals surface area contributed by atoms with E-state index < -0.39 is 28.5 Å². The van der Waals surface area contributed by atoms with Crippen LogP contribution >= 0.6 is 11.6 Å². The molecule has 196 valence electrons. The highest BCUT2D eigenvalue weighted by atomic mass is 35.5. The van der Waals surface area contributed by atoms with Gasteiger partial charge in [-0.1, -0.05) is 79.5 Å². The first-order chi connectivity index (χ1) is 17.7. The number of halogens is 1. The zero-order chi connectivity index (χ0) is 26.8. The molecule has 3 rings (SSSR count). The van der Waals surface area contributed by atoms with Gasteiger partial charge in [0.15, 0.2) is 0 Å². The van der Waals surface area contributed by atoms with Crippen molar-refractivity contribution in [3.8, 4) is 0 Å². The summed E-state index contributed by atoms with van der Waals surface area (Å²) in [6.07, 6.45) is 1.75. The Labute approximate surface area is 224 Å². The van der Waals surface area contributed by atoms with E-state index in [1.54, 1.807) is 43.3 Å². The summed E-state index contributed by atoms with van der Waals surface area (Å²) in [5.74, 6) is -0.806. The SMILES string of the molecule is CCCCNC(=O)[C@@H](C)N(Cc1ccccc1)C(=O)CN(c1cccc(Cl)c1)S(=O)(=O)c1ccccc1. The van der Waals surface area contributed by atoms with Crippen LogP contribution in [0.15, 0.2) is 89.8 Å². The number of hydrogen-bond acceptors (Lipinski definition) is 4. The Morgan fingerprint density at radius 1 is 0.946 bits per heavy atom. The van der Waals surface area contributed by atoms with Gasteiger partial charge in [-0.05, 0) is 49.2 Å². The van der Waals surface area contributed by atoms with E-state index in [0.717, 1.165) is 22.7 Å². The molecule has 0 aliphatic carbocycles. The third-order valence-electron chi connectivity index (χ3n) is 5.90. The van der Waals surface area contributed by atoms with Gasteiger partial charge >= 0.3 is 0 Å². The van der Waals surface area contributed by atoms with Crippen LogP contribution < -0.4 is 9.62 Å². The summed E-state index contributed by atoms with van der Waals surface area (Å²) in [4.78, 5) is 28.2. The molecule has 1 N–H and O–H groups in total. The highest BCUT2D eigenvalue weighted by Gasteiger charge is 2.32. The van der Waals surface area contributed by atoms with Crippen LogP contribution in [-0.2, 0) is 26.2 Å². The molecule has 7 nitrogen and oxygen atoms in total. The number of anilines is 1. The highest BCUT2D eigenvalue weighted by molar-refractivity contribution is 7.92. The lowest BCUT2D eigenvalue weighted by molar-refractivity contribution is -0.139. The van der Waals surface area contributed by atoms with Crippen LogP contribution in [0.2, 0.25) is 5.02 Å². The van der Waals surface area contributed by atoms with Crippen molar-refractivity contribution in [3.63, 3.8) is 0 Å². The molecule has 0 aliphatic heterocycles. The molecule has 3 aromatic carbocycles. The number of unbranched alkanes of at least 4 members (excludes halogenated alkanes) is 1. The van der Waals surface area contributed by atoms with Crippen molar-refractivity contribution in [1.29, 1.82) is 0 Å². The molecule has 0 fully saturated rings. The number of carbonyl (C=O) groups is 2. The van der Waals surface area contributed by atoms with Crippen molar-refractivity contribution in [3.05, 3.63) is 95.5 Å². The maximum absolute atomic E-state index is 13.8. The number of nitrogens with one attached hydrogen (secondary N) is 1. The summed E-state index contributed by atoms with van der Waals surface area (Å²) in [5, 5.41) is 3.21. The second-order valence-corrected chi connectivity index (χ2v) is 10.9. The normalized spacial score (nSPS) is 12.0. The van der Waals surface area contributed by atoms with Crippen molar-refractivity contribution in [2.24, 2.45) is 0 Å². The second kappa shape index (κ2) is 13.3. The maximum Gasteiger partial charge on any atom is 0.264 e. The number of carbonyl (C=O) groups excluding carboxylic acids is 2. The predicted molar refractivity (Wildman–Crippen MR) is 147 cm³/mol. The molecule has 0 heterocycles. The van der Waals surface area contributed by atoms with Crippen molar-refractivity contribution in [2.45, 2.75) is 44.2 Å². The van der Waals surface area contributed by atoms with E-state index >= 15 is 0 Å². The third-order valence-corrected chi connectivity index (χ3v) is 7.92. The first kappa shape index (κ1) is 28.2. The maximum atomic E-state index is 13.8. The fraction of sp³-hybridized carbons (Fsp3) is 0.286. The first-order valence-electron chi connectivity index (χ1n) is 12.2. The van der Waals surface area contributed by atoms with E-state index in [2.05, 4.69) is 5.32 Å². The molecule has 0 unspecified atom stereocenters. The van der Waals surface area contributed by atoms with Gasteiger partial charge in [-0.3, -0.25) is 13.9 Å². The van der Waals surface area contributed by atoms with Crippen LogP contribution in [-0.4, -0.2) is 44.3 Å². The molecule has 0 radical (unpaired) electrons. The van der Waals surface area contributed by atoms with Gasteiger partial charge in [-0.15, -0.1) is 0 Å². The third kappa shape index (κ3) is 7.57. The monoisotopic (exact) mass is 541 g/mol. The van der Waals surface area contributed by atoms with Gasteiger partial charge in [0.25, 0.3) is 10.0 Å². The standard InChI is InChI=1S/C28H32ClN3O4S/c1-3-4-18-30-28(34)22(2)31(20-23-12-7-5-8-13-23)27(33)21-32(25-15-11-14-24(29)19-25)37(35,36)26-16-9-6-10-17-26/h5-17,19,22H,3-4,18,20-21H2,1-2H3,(H,30,34)/t22-/m1/s1. The van der Waals surface area contributed by atoms with Gasteiger partial charge < -0.3 is 10.2 Å². The smallest absolute Gasteiger partial charge is 0.264 e. The average molecular weight is 542 g/mol. The van der Waals surface area contributed by atoms with Crippen molar-refractivity contribution < 1.29 is 18.0 Å². The van der Waals surface area contributed by atoms with Crippen LogP contribution in [0.4, 0.5) is 5.69 Å². The molecule has 0 aromatic heterocycles. The highest BCUT2D eigenvalue weighted by Crippen LogP contribution is 2.26. The molecule has 0 saturated heterocycles. The number of nitrogens with zero attached hydrogens (tertiary/aromatic N) is 2. The minimum absolute atomic E-state index is 0.0442. The van der Waals surface area contributed by atoms with E-state index in [9.17, 15) is 18.0 Å². The zero-order valence-corrected chi connectivity index (χ0v) is 22.6. The van der Waals surface area contributed by atoms with Crippen LogP contribution in [0, 0.1) is 0 Å². The minimum atomic E-state index is -4.11. The van der Waals surface area contributed by atoms with Crippen molar-refractivity contribution in [2.75, 3.05) is 17.4 Å². The molecule has 0 bridgehead atoms. The summed E-state index contributed by atoms with van der Waals surface area (Å²) in [6.45, 7) is 3.83. The van der Waals surface area contributed by atoms with E-state index in [1.807, 2.05) is 37.3 Å². The quantitative estimate of drug-likeness (QED) is 0.331.